The van der Waals surface area contributed by atoms with E-state index in [9.17, 15) is 39.2 Å². The van der Waals surface area contributed by atoms with Crippen molar-refractivity contribution in [1.82, 2.24) is 0 Å². The third-order valence-electron chi connectivity index (χ3n) is 11.3. The molecule has 0 aromatic carbocycles. The summed E-state index contributed by atoms with van der Waals surface area (Å²) in [6, 6.07) is 0. The third kappa shape index (κ3) is 30.4. The van der Waals surface area contributed by atoms with Gasteiger partial charge in [0.15, 0.2) is 6.10 Å². The third-order valence-corrected chi connectivity index (χ3v) is 12.2. The van der Waals surface area contributed by atoms with E-state index in [0.29, 0.717) is 36.7 Å². The minimum atomic E-state index is -4.71. The molecule has 0 aromatic heterocycles. The van der Waals surface area contributed by atoms with E-state index in [1.807, 2.05) is 21.1 Å². The van der Waals surface area contributed by atoms with Gasteiger partial charge in [0.25, 0.3) is 7.82 Å². The summed E-state index contributed by atoms with van der Waals surface area (Å²) in [6.45, 7) is 3.71. The average molecular weight is 876 g/mol. The smallest absolute Gasteiger partial charge is 0.306 e. The Kier molecular flexibility index (Phi) is 31.7. The molecular weight excluding hydrogens is 789 g/mol. The first-order chi connectivity index (χ1) is 28.6. The van der Waals surface area contributed by atoms with E-state index >= 15 is 0 Å². The van der Waals surface area contributed by atoms with E-state index in [0.717, 1.165) is 38.5 Å². The number of hydrogen-bond donors (Lipinski definition) is 3. The standard InChI is InChI=1S/C46H86NO12P/c1-6-8-10-11-12-13-14-15-16-17-18-19-20-21-23-29-46(53)59-40(37-58-60(54,55)57-33-32-47(3,4)5)36-56-45(52)28-25-24-27-39(49)34-42-41(43(50)35-44(42)51)31-30-38(48)26-22-9-7-2/h30-31,38,40-44,48,50-51H,6-29,32-37H2,1-5H3/b31-30+/t38-,40+,41+,42+,43+,44-/m0/s1. The van der Waals surface area contributed by atoms with E-state index in [4.69, 9.17) is 18.5 Å². The lowest BCUT2D eigenvalue weighted by Gasteiger charge is -2.28. The van der Waals surface area contributed by atoms with Gasteiger partial charge in [-0.25, -0.2) is 0 Å². The number of likely N-dealkylation sites (N-methyl/N-ethyl adjacent to an activating group) is 1. The molecule has 0 radical (unpaired) electrons. The fourth-order valence-electron chi connectivity index (χ4n) is 7.47. The summed E-state index contributed by atoms with van der Waals surface area (Å²) >= 11 is 0. The molecule has 1 saturated carbocycles. The number of rotatable bonds is 39. The Morgan fingerprint density at radius 1 is 0.717 bits per heavy atom. The first-order valence-corrected chi connectivity index (χ1v) is 25.0. The van der Waals surface area contributed by atoms with Crippen LogP contribution in [0.25, 0.3) is 0 Å². The zero-order valence-electron chi connectivity index (χ0n) is 38.2. The molecule has 1 fully saturated rings. The maximum Gasteiger partial charge on any atom is 0.306 e. The Morgan fingerprint density at radius 2 is 1.23 bits per heavy atom. The summed E-state index contributed by atoms with van der Waals surface area (Å²) in [5.41, 5.74) is 0. The summed E-state index contributed by atoms with van der Waals surface area (Å²) in [5.74, 6) is -2.09. The number of quaternary nitrogens is 1. The molecule has 3 N–H and O–H groups in total. The molecule has 14 heteroatoms. The van der Waals surface area contributed by atoms with Gasteiger partial charge in [0.1, 0.15) is 25.5 Å². The average Bonchev–Trinajstić information content (AvgIpc) is 3.44. The van der Waals surface area contributed by atoms with Crippen molar-refractivity contribution in [3.05, 3.63) is 12.2 Å². The number of Topliss-reactive ketones (excluding diaryl/α,β-unsaturated/α-hetero) is 1. The molecule has 0 amide bonds. The number of phosphoric ester groups is 1. The number of ketones is 1. The van der Waals surface area contributed by atoms with Gasteiger partial charge in [0, 0.05) is 43.9 Å². The van der Waals surface area contributed by atoms with E-state index in [2.05, 4.69) is 13.8 Å². The second-order valence-electron chi connectivity index (χ2n) is 18.1. The lowest BCUT2D eigenvalue weighted by molar-refractivity contribution is -0.870. The highest BCUT2D eigenvalue weighted by Crippen LogP contribution is 2.39. The normalized spacial score (nSPS) is 20.3. The zero-order chi connectivity index (χ0) is 44.7. The predicted molar refractivity (Wildman–Crippen MR) is 234 cm³/mol. The topological polar surface area (TPSA) is 189 Å². The summed E-state index contributed by atoms with van der Waals surface area (Å²) in [5, 5.41) is 31.3. The minimum absolute atomic E-state index is 0.00576. The molecule has 1 rings (SSSR count). The summed E-state index contributed by atoms with van der Waals surface area (Å²) in [6.07, 6.45) is 22.9. The van der Waals surface area contributed by atoms with E-state index in [-0.39, 0.29) is 44.5 Å². The van der Waals surface area contributed by atoms with Crippen molar-refractivity contribution < 1.29 is 62.2 Å². The van der Waals surface area contributed by atoms with Crippen molar-refractivity contribution >= 4 is 25.5 Å². The highest BCUT2D eigenvalue weighted by atomic mass is 31.2. The van der Waals surface area contributed by atoms with Crippen molar-refractivity contribution in [2.45, 2.75) is 205 Å². The van der Waals surface area contributed by atoms with Gasteiger partial charge in [0.05, 0.1) is 46.1 Å². The van der Waals surface area contributed by atoms with Gasteiger partial charge >= 0.3 is 11.9 Å². The number of phosphoric acid groups is 1. The number of carbonyl (C=O) groups excluding carboxylic acids is 3. The van der Waals surface area contributed by atoms with Crippen LogP contribution in [-0.4, -0.2) is 109 Å². The Hall–Kier alpha value is -1.70. The SMILES string of the molecule is CCCCCCCCCCCCCCCCCC(=O)O[C@H](COC(=O)CCCCC(=O)C[C@@H]1[C@@H](/C=C/[C@@H](O)CCCCC)[C@H](O)C[C@@H]1O)COP(=O)([O-])OCC[N+](C)(C)C. The van der Waals surface area contributed by atoms with Crippen LogP contribution in [0, 0.1) is 11.8 Å². The maximum absolute atomic E-state index is 12.9. The van der Waals surface area contributed by atoms with Crippen molar-refractivity contribution in [2.24, 2.45) is 11.8 Å². The van der Waals surface area contributed by atoms with Crippen molar-refractivity contribution in [1.29, 1.82) is 0 Å². The summed E-state index contributed by atoms with van der Waals surface area (Å²) in [7, 11) is 0.971. The molecule has 60 heavy (non-hydrogen) atoms. The van der Waals surface area contributed by atoms with Gasteiger partial charge < -0.3 is 43.2 Å². The monoisotopic (exact) mass is 876 g/mol. The number of nitrogens with zero attached hydrogens (tertiary/aromatic N) is 1. The van der Waals surface area contributed by atoms with Crippen LogP contribution in [0.4, 0.5) is 0 Å². The molecule has 0 heterocycles. The van der Waals surface area contributed by atoms with Gasteiger partial charge in [-0.3, -0.25) is 18.9 Å². The largest absolute Gasteiger partial charge is 0.756 e. The van der Waals surface area contributed by atoms with Gasteiger partial charge in [-0.1, -0.05) is 135 Å². The lowest BCUT2D eigenvalue weighted by Crippen LogP contribution is -2.37. The number of unbranched alkanes of at least 4 members (excludes halogenated alkanes) is 17. The van der Waals surface area contributed by atoms with Crippen LogP contribution in [0.5, 0.6) is 0 Å². The molecule has 1 aliphatic rings. The Morgan fingerprint density at radius 3 is 1.82 bits per heavy atom. The molecule has 0 saturated heterocycles. The quantitative estimate of drug-likeness (QED) is 0.0177. The molecule has 0 aromatic rings. The maximum atomic E-state index is 12.9. The second kappa shape index (κ2) is 33.8. The molecule has 0 spiro atoms. The Bertz CT molecular complexity index is 1210. The summed E-state index contributed by atoms with van der Waals surface area (Å²) in [4.78, 5) is 50.7. The van der Waals surface area contributed by atoms with E-state index in [1.54, 1.807) is 12.2 Å². The zero-order valence-corrected chi connectivity index (χ0v) is 39.1. The number of aliphatic hydroxyl groups excluding tert-OH is 3. The predicted octanol–water partition coefficient (Wildman–Crippen LogP) is 8.29. The van der Waals surface area contributed by atoms with Crippen LogP contribution in [0.15, 0.2) is 12.2 Å². The molecule has 0 bridgehead atoms. The van der Waals surface area contributed by atoms with Crippen LogP contribution in [0.2, 0.25) is 0 Å². The number of hydrogen-bond acceptors (Lipinski definition) is 12. The molecule has 1 unspecified atom stereocenters. The van der Waals surface area contributed by atoms with E-state index < -0.39 is 69.2 Å². The van der Waals surface area contributed by atoms with Gasteiger partial charge in [0.2, 0.25) is 0 Å². The highest BCUT2D eigenvalue weighted by molar-refractivity contribution is 7.45. The number of carbonyl (C=O) groups is 3. The van der Waals surface area contributed by atoms with Crippen molar-refractivity contribution in [3.63, 3.8) is 0 Å². The minimum Gasteiger partial charge on any atom is -0.756 e. The number of ether oxygens (including phenoxy) is 2. The summed E-state index contributed by atoms with van der Waals surface area (Å²) < 4.78 is 33.8. The van der Waals surface area contributed by atoms with Crippen LogP contribution in [0.1, 0.15) is 181 Å². The van der Waals surface area contributed by atoms with Crippen LogP contribution < -0.4 is 4.89 Å². The lowest BCUT2D eigenvalue weighted by atomic mass is 9.87. The van der Waals surface area contributed by atoms with E-state index in [1.165, 1.54) is 70.6 Å². The van der Waals surface area contributed by atoms with Gasteiger partial charge in [-0.05, 0) is 25.7 Å². The Balaban J connectivity index is 2.49. The molecular formula is C46H86NO12P. The van der Waals surface area contributed by atoms with Crippen LogP contribution >= 0.6 is 7.82 Å². The van der Waals surface area contributed by atoms with Gasteiger partial charge in [-0.2, -0.15) is 0 Å². The van der Waals surface area contributed by atoms with Gasteiger partial charge in [-0.15, -0.1) is 0 Å². The molecule has 7 atom stereocenters. The first kappa shape index (κ1) is 56.3. The molecule has 13 nitrogen and oxygen atoms in total. The first-order valence-electron chi connectivity index (χ1n) is 23.6. The van der Waals surface area contributed by atoms with Crippen molar-refractivity contribution in [3.8, 4) is 0 Å². The number of aliphatic hydroxyl groups is 3. The van der Waals surface area contributed by atoms with Crippen molar-refractivity contribution in [2.75, 3.05) is 47.5 Å². The molecule has 1 aliphatic carbocycles. The molecule has 352 valence electrons. The Labute approximate surface area is 363 Å². The number of esters is 2. The van der Waals surface area contributed by atoms with Crippen LogP contribution in [0.3, 0.4) is 0 Å². The van der Waals surface area contributed by atoms with Crippen LogP contribution in [-0.2, 0) is 37.5 Å². The second-order valence-corrected chi connectivity index (χ2v) is 19.5. The fraction of sp³-hybridized carbons (Fsp3) is 0.891. The highest BCUT2D eigenvalue weighted by Gasteiger charge is 2.41. The molecule has 0 aliphatic heterocycles. The fourth-order valence-corrected chi connectivity index (χ4v) is 8.20.